The molecule has 0 saturated carbocycles. The molecule has 0 aliphatic heterocycles. The monoisotopic (exact) mass is 250 g/mol. The van der Waals surface area contributed by atoms with Crippen LogP contribution in [0.15, 0.2) is 42.9 Å². The van der Waals surface area contributed by atoms with Crippen LogP contribution in [0.3, 0.4) is 0 Å². The second-order valence-corrected chi connectivity index (χ2v) is 4.33. The molecule has 4 rings (SSSR count). The lowest BCUT2D eigenvalue weighted by atomic mass is 10.1. The standard InChI is InChI=1S/C13H10N6/c1-18-11(6-7-15-18)12-9-4-2-3-5-10(9)13-16-14-8-19(13)17-12/h2-8H,1H3. The van der Waals surface area contributed by atoms with Crippen molar-refractivity contribution in [2.75, 3.05) is 0 Å². The van der Waals surface area contributed by atoms with Crippen LogP contribution >= 0.6 is 0 Å². The fraction of sp³-hybridized carbons (Fsp3) is 0.0769. The molecule has 0 fully saturated rings. The van der Waals surface area contributed by atoms with Crippen LogP contribution in [0.2, 0.25) is 0 Å². The minimum Gasteiger partial charge on any atom is -0.266 e. The number of hydrogen-bond donors (Lipinski definition) is 0. The Labute approximate surface area is 108 Å². The third-order valence-corrected chi connectivity index (χ3v) is 3.22. The van der Waals surface area contributed by atoms with E-state index in [9.17, 15) is 0 Å². The average molecular weight is 250 g/mol. The van der Waals surface area contributed by atoms with E-state index in [1.54, 1.807) is 17.0 Å². The fourth-order valence-corrected chi connectivity index (χ4v) is 2.32. The van der Waals surface area contributed by atoms with E-state index < -0.39 is 0 Å². The number of hydrogen-bond acceptors (Lipinski definition) is 4. The van der Waals surface area contributed by atoms with Gasteiger partial charge in [-0.2, -0.15) is 14.7 Å². The third kappa shape index (κ3) is 1.36. The summed E-state index contributed by atoms with van der Waals surface area (Å²) >= 11 is 0. The van der Waals surface area contributed by atoms with Gasteiger partial charge >= 0.3 is 0 Å². The van der Waals surface area contributed by atoms with Gasteiger partial charge in [0.2, 0.25) is 0 Å². The van der Waals surface area contributed by atoms with Crippen molar-refractivity contribution < 1.29 is 0 Å². The van der Waals surface area contributed by atoms with Crippen LogP contribution in [0.4, 0.5) is 0 Å². The molecule has 0 N–H and O–H groups in total. The van der Waals surface area contributed by atoms with E-state index in [4.69, 9.17) is 0 Å². The van der Waals surface area contributed by atoms with Crippen molar-refractivity contribution in [1.82, 2.24) is 29.6 Å². The minimum atomic E-state index is 0.765. The maximum absolute atomic E-state index is 4.60. The van der Waals surface area contributed by atoms with Gasteiger partial charge in [0.25, 0.3) is 0 Å². The van der Waals surface area contributed by atoms with Gasteiger partial charge in [-0.05, 0) is 6.07 Å². The van der Waals surface area contributed by atoms with Crippen LogP contribution in [0.25, 0.3) is 27.8 Å². The van der Waals surface area contributed by atoms with Crippen molar-refractivity contribution in [2.45, 2.75) is 0 Å². The van der Waals surface area contributed by atoms with Gasteiger partial charge in [0.15, 0.2) is 5.65 Å². The van der Waals surface area contributed by atoms with E-state index in [2.05, 4.69) is 20.4 Å². The van der Waals surface area contributed by atoms with Crippen molar-refractivity contribution in [3.8, 4) is 11.4 Å². The zero-order chi connectivity index (χ0) is 12.8. The Morgan fingerprint density at radius 1 is 1.05 bits per heavy atom. The van der Waals surface area contributed by atoms with Gasteiger partial charge < -0.3 is 0 Å². The second-order valence-electron chi connectivity index (χ2n) is 4.33. The number of nitrogens with zero attached hydrogens (tertiary/aromatic N) is 6. The topological polar surface area (TPSA) is 60.9 Å². The van der Waals surface area contributed by atoms with Crippen LogP contribution in [-0.4, -0.2) is 29.6 Å². The largest absolute Gasteiger partial charge is 0.266 e. The number of fused-ring (bicyclic) bond motifs is 3. The highest BCUT2D eigenvalue weighted by Gasteiger charge is 2.13. The Hall–Kier alpha value is -2.76. The highest BCUT2D eigenvalue weighted by atomic mass is 15.3. The lowest BCUT2D eigenvalue weighted by molar-refractivity contribution is 0.770. The van der Waals surface area contributed by atoms with E-state index in [1.807, 2.05) is 42.1 Å². The van der Waals surface area contributed by atoms with E-state index in [0.717, 1.165) is 27.8 Å². The average Bonchev–Trinajstić information content (AvgIpc) is 3.06. The van der Waals surface area contributed by atoms with Crippen LogP contribution < -0.4 is 0 Å². The summed E-state index contributed by atoms with van der Waals surface area (Å²) in [5.74, 6) is 0. The van der Waals surface area contributed by atoms with Gasteiger partial charge in [0.05, 0.1) is 5.69 Å². The molecule has 92 valence electrons. The summed E-state index contributed by atoms with van der Waals surface area (Å²) in [6, 6.07) is 10.0. The van der Waals surface area contributed by atoms with Crippen molar-refractivity contribution >= 4 is 16.4 Å². The Kier molecular flexibility index (Phi) is 1.94. The second kappa shape index (κ2) is 3.61. The number of aryl methyl sites for hydroxylation is 1. The van der Waals surface area contributed by atoms with Gasteiger partial charge in [-0.15, -0.1) is 10.2 Å². The van der Waals surface area contributed by atoms with E-state index in [1.165, 1.54) is 0 Å². The normalized spacial score (nSPS) is 11.4. The minimum absolute atomic E-state index is 0.765. The van der Waals surface area contributed by atoms with Crippen LogP contribution in [0, 0.1) is 0 Å². The van der Waals surface area contributed by atoms with Gasteiger partial charge in [-0.25, -0.2) is 0 Å². The third-order valence-electron chi connectivity index (χ3n) is 3.22. The molecule has 4 aromatic rings. The van der Waals surface area contributed by atoms with Crippen LogP contribution in [-0.2, 0) is 7.05 Å². The van der Waals surface area contributed by atoms with Gasteiger partial charge in [0, 0.05) is 24.0 Å². The highest BCUT2D eigenvalue weighted by Crippen LogP contribution is 2.27. The molecule has 3 heterocycles. The summed E-state index contributed by atoms with van der Waals surface area (Å²) < 4.78 is 3.51. The molecule has 1 aromatic carbocycles. The quantitative estimate of drug-likeness (QED) is 0.515. The molecule has 0 radical (unpaired) electrons. The van der Waals surface area contributed by atoms with Crippen molar-refractivity contribution in [1.29, 1.82) is 0 Å². The first kappa shape index (κ1) is 10.2. The molecule has 6 nitrogen and oxygen atoms in total. The molecule has 0 amide bonds. The molecule has 0 bridgehead atoms. The summed E-state index contributed by atoms with van der Waals surface area (Å²) in [5, 5.41) is 18.9. The molecule has 0 spiro atoms. The van der Waals surface area contributed by atoms with Crippen molar-refractivity contribution in [2.24, 2.45) is 7.05 Å². The molecule has 0 atom stereocenters. The zero-order valence-electron chi connectivity index (χ0n) is 10.2. The Morgan fingerprint density at radius 3 is 2.68 bits per heavy atom. The van der Waals surface area contributed by atoms with E-state index in [0.29, 0.717) is 0 Å². The highest BCUT2D eigenvalue weighted by molar-refractivity contribution is 6.00. The molecular weight excluding hydrogens is 240 g/mol. The summed E-state index contributed by atoms with van der Waals surface area (Å²) in [6.07, 6.45) is 3.38. The first-order valence-electron chi connectivity index (χ1n) is 5.92. The van der Waals surface area contributed by atoms with Gasteiger partial charge in [-0.3, -0.25) is 4.68 Å². The SMILES string of the molecule is Cn1nccc1-c1nn2cnnc2c2ccccc12. The van der Waals surface area contributed by atoms with Crippen LogP contribution in [0.5, 0.6) is 0 Å². The number of benzene rings is 1. The predicted molar refractivity (Wildman–Crippen MR) is 70.5 cm³/mol. The summed E-state index contributed by atoms with van der Waals surface area (Å²) in [6.45, 7) is 0. The maximum Gasteiger partial charge on any atom is 0.185 e. The Balaban J connectivity index is 2.21. The van der Waals surface area contributed by atoms with Crippen LogP contribution in [0.1, 0.15) is 0 Å². The summed E-state index contributed by atoms with van der Waals surface area (Å²) in [5.41, 5.74) is 2.61. The molecule has 0 aliphatic rings. The maximum atomic E-state index is 4.60. The molecule has 19 heavy (non-hydrogen) atoms. The fourth-order valence-electron chi connectivity index (χ4n) is 2.32. The first-order chi connectivity index (χ1) is 9.34. The summed E-state index contributed by atoms with van der Waals surface area (Å²) in [7, 11) is 1.90. The predicted octanol–water partition coefficient (Wildman–Crippen LogP) is 1.68. The molecule has 0 unspecified atom stereocenters. The first-order valence-corrected chi connectivity index (χ1v) is 5.92. The molecule has 0 aliphatic carbocycles. The van der Waals surface area contributed by atoms with Gasteiger partial charge in [0.1, 0.15) is 12.0 Å². The molecule has 3 aromatic heterocycles. The number of aromatic nitrogens is 6. The zero-order valence-corrected chi connectivity index (χ0v) is 10.2. The Morgan fingerprint density at radius 2 is 1.89 bits per heavy atom. The van der Waals surface area contributed by atoms with Gasteiger partial charge in [-0.1, -0.05) is 24.3 Å². The van der Waals surface area contributed by atoms with Crippen molar-refractivity contribution in [3.05, 3.63) is 42.9 Å². The van der Waals surface area contributed by atoms with Crippen molar-refractivity contribution in [3.63, 3.8) is 0 Å². The molecule has 6 heteroatoms. The van der Waals surface area contributed by atoms with E-state index >= 15 is 0 Å². The number of rotatable bonds is 1. The lowest BCUT2D eigenvalue weighted by Crippen LogP contribution is -2.00. The summed E-state index contributed by atoms with van der Waals surface area (Å²) in [4.78, 5) is 0. The Bertz CT molecular complexity index is 888. The smallest absolute Gasteiger partial charge is 0.185 e. The molecular formula is C13H10N6. The molecule has 0 saturated heterocycles. The van der Waals surface area contributed by atoms with E-state index in [-0.39, 0.29) is 0 Å². The lowest BCUT2D eigenvalue weighted by Gasteiger charge is -2.07.